The van der Waals surface area contributed by atoms with Crippen molar-refractivity contribution in [1.82, 2.24) is 0 Å². The average molecular weight is 410 g/mol. The Morgan fingerprint density at radius 1 is 1.04 bits per heavy atom. The zero-order chi connectivity index (χ0) is 21.4. The van der Waals surface area contributed by atoms with Crippen LogP contribution in [0.3, 0.4) is 0 Å². The molecule has 4 unspecified atom stereocenters. The molecule has 1 aromatic carbocycles. The van der Waals surface area contributed by atoms with Gasteiger partial charge in [-0.2, -0.15) is 8.42 Å². The molecule has 6 N–H and O–H groups in total. The van der Waals surface area contributed by atoms with Gasteiger partial charge in [-0.1, -0.05) is 17.7 Å². The van der Waals surface area contributed by atoms with Crippen molar-refractivity contribution in [3.05, 3.63) is 29.8 Å². The molecule has 0 heterocycles. The quantitative estimate of drug-likeness (QED) is 0.160. The Morgan fingerprint density at radius 3 is 1.89 bits per heavy atom. The van der Waals surface area contributed by atoms with Gasteiger partial charge in [0.15, 0.2) is 12.1 Å². The minimum atomic E-state index is -4.14. The molecule has 0 spiro atoms. The lowest BCUT2D eigenvalue weighted by Crippen LogP contribution is -2.46. The lowest BCUT2D eigenvalue weighted by molar-refractivity contribution is -0.135. The molecule has 0 bridgehead atoms. The fourth-order valence-corrected chi connectivity index (χ4v) is 2.47. The van der Waals surface area contributed by atoms with Crippen molar-refractivity contribution < 1.29 is 48.0 Å². The summed E-state index contributed by atoms with van der Waals surface area (Å²) in [6.07, 6.45) is -7.65. The Kier molecular flexibility index (Phi) is 10.2. The van der Waals surface area contributed by atoms with Crippen molar-refractivity contribution in [1.29, 1.82) is 0 Å². The first-order chi connectivity index (χ1) is 12.2. The van der Waals surface area contributed by atoms with E-state index >= 15 is 0 Å². The van der Waals surface area contributed by atoms with E-state index in [4.69, 9.17) is 15.3 Å². The standard InChI is InChI=1S/C13H18O8S.C3H8O2/c1-8-2-4-9(5-3-8)22(19,20)21-7-11(16)13(18)12(17)10(15)6-14;1-3(2,4)5/h2-6,10-13,15-18H,7H2,1H3;4-5H,1-2H3. The summed E-state index contributed by atoms with van der Waals surface area (Å²) >= 11 is 0. The van der Waals surface area contributed by atoms with Crippen molar-refractivity contribution in [2.45, 2.75) is 55.9 Å². The predicted octanol–water partition coefficient (Wildman–Crippen LogP) is -1.95. The molecule has 0 saturated heterocycles. The van der Waals surface area contributed by atoms with Crippen LogP contribution in [0.25, 0.3) is 0 Å². The van der Waals surface area contributed by atoms with Gasteiger partial charge in [0, 0.05) is 0 Å². The maximum absolute atomic E-state index is 11.8. The monoisotopic (exact) mass is 410 g/mol. The van der Waals surface area contributed by atoms with Crippen LogP contribution in [0.2, 0.25) is 0 Å². The Balaban J connectivity index is 0.00000119. The highest BCUT2D eigenvalue weighted by atomic mass is 32.2. The number of carbonyl (C=O) groups excluding carboxylic acids is 1. The summed E-state index contributed by atoms with van der Waals surface area (Å²) in [6.45, 7) is 3.52. The van der Waals surface area contributed by atoms with E-state index in [1.807, 2.05) is 0 Å². The molecule has 1 rings (SSSR count). The van der Waals surface area contributed by atoms with Crippen LogP contribution in [-0.4, -0.2) is 82.2 Å². The van der Waals surface area contributed by atoms with Gasteiger partial charge in [-0.05, 0) is 32.9 Å². The zero-order valence-corrected chi connectivity index (χ0v) is 15.9. The maximum atomic E-state index is 11.8. The van der Waals surface area contributed by atoms with Crippen LogP contribution in [0.4, 0.5) is 0 Å². The molecular weight excluding hydrogens is 384 g/mol. The molecule has 10 nitrogen and oxygen atoms in total. The Labute approximate surface area is 157 Å². The third-order valence-corrected chi connectivity index (χ3v) is 4.23. The first kappa shape index (κ1) is 25.6. The van der Waals surface area contributed by atoms with E-state index in [9.17, 15) is 28.5 Å². The highest BCUT2D eigenvalue weighted by Gasteiger charge is 2.31. The Bertz CT molecular complexity index is 659. The van der Waals surface area contributed by atoms with Crippen LogP contribution >= 0.6 is 0 Å². The summed E-state index contributed by atoms with van der Waals surface area (Å²) in [5, 5.41) is 53.6. The molecule has 27 heavy (non-hydrogen) atoms. The maximum Gasteiger partial charge on any atom is 0.297 e. The molecule has 0 aromatic heterocycles. The summed E-state index contributed by atoms with van der Waals surface area (Å²) in [6, 6.07) is 5.76. The first-order valence-electron chi connectivity index (χ1n) is 7.77. The first-order valence-corrected chi connectivity index (χ1v) is 9.18. The minimum Gasteiger partial charge on any atom is -0.388 e. The van der Waals surface area contributed by atoms with Crippen LogP contribution in [0.15, 0.2) is 29.2 Å². The normalized spacial score (nSPS) is 16.5. The van der Waals surface area contributed by atoms with Crippen LogP contribution < -0.4 is 0 Å². The number of rotatable bonds is 8. The van der Waals surface area contributed by atoms with Crippen molar-refractivity contribution in [2.75, 3.05) is 6.61 Å². The van der Waals surface area contributed by atoms with Gasteiger partial charge >= 0.3 is 0 Å². The molecule has 11 heteroatoms. The zero-order valence-electron chi connectivity index (χ0n) is 15.1. The summed E-state index contributed by atoms with van der Waals surface area (Å²) in [5.41, 5.74) is 0.848. The highest BCUT2D eigenvalue weighted by molar-refractivity contribution is 7.86. The van der Waals surface area contributed by atoms with E-state index in [0.29, 0.717) is 0 Å². The smallest absolute Gasteiger partial charge is 0.297 e. The van der Waals surface area contributed by atoms with E-state index < -0.39 is 46.9 Å². The van der Waals surface area contributed by atoms with Crippen molar-refractivity contribution in [3.8, 4) is 0 Å². The third kappa shape index (κ3) is 10.5. The number of hydrogen-bond donors (Lipinski definition) is 6. The van der Waals surface area contributed by atoms with Crippen LogP contribution in [0.5, 0.6) is 0 Å². The lowest BCUT2D eigenvalue weighted by atomic mass is 10.0. The largest absolute Gasteiger partial charge is 0.388 e. The number of aliphatic hydroxyl groups excluding tert-OH is 4. The van der Waals surface area contributed by atoms with E-state index in [2.05, 4.69) is 4.18 Å². The van der Waals surface area contributed by atoms with E-state index in [1.54, 1.807) is 19.1 Å². The fourth-order valence-electron chi connectivity index (χ4n) is 1.54. The Hall–Kier alpha value is -1.44. The van der Waals surface area contributed by atoms with Crippen LogP contribution in [0.1, 0.15) is 19.4 Å². The van der Waals surface area contributed by atoms with Gasteiger partial charge in [0.1, 0.15) is 24.4 Å². The molecule has 0 amide bonds. The molecule has 0 fully saturated rings. The van der Waals surface area contributed by atoms with Crippen molar-refractivity contribution in [2.24, 2.45) is 0 Å². The van der Waals surface area contributed by atoms with Gasteiger partial charge in [0.05, 0.1) is 11.5 Å². The minimum absolute atomic E-state index is 0.0233. The topological polar surface area (TPSA) is 182 Å². The predicted molar refractivity (Wildman–Crippen MR) is 92.9 cm³/mol. The molecule has 0 aliphatic heterocycles. The van der Waals surface area contributed by atoms with Crippen LogP contribution in [-0.2, 0) is 19.1 Å². The molecule has 156 valence electrons. The number of hydrogen-bond acceptors (Lipinski definition) is 10. The second-order valence-electron chi connectivity index (χ2n) is 6.22. The van der Waals surface area contributed by atoms with Gasteiger partial charge in [-0.25, -0.2) is 0 Å². The average Bonchev–Trinajstić information content (AvgIpc) is 2.56. The van der Waals surface area contributed by atoms with Crippen LogP contribution in [0, 0.1) is 6.92 Å². The van der Waals surface area contributed by atoms with Crippen molar-refractivity contribution >= 4 is 16.4 Å². The van der Waals surface area contributed by atoms with E-state index in [-0.39, 0.29) is 11.2 Å². The number of benzene rings is 1. The van der Waals surface area contributed by atoms with Gasteiger partial charge < -0.3 is 35.4 Å². The number of aliphatic hydroxyl groups is 6. The molecule has 0 radical (unpaired) electrons. The van der Waals surface area contributed by atoms with Gasteiger partial charge in [0.25, 0.3) is 10.1 Å². The van der Waals surface area contributed by atoms with Crippen molar-refractivity contribution in [3.63, 3.8) is 0 Å². The van der Waals surface area contributed by atoms with E-state index in [0.717, 1.165) is 5.56 Å². The highest BCUT2D eigenvalue weighted by Crippen LogP contribution is 2.14. The molecule has 0 aliphatic carbocycles. The third-order valence-electron chi connectivity index (χ3n) is 2.94. The molecule has 0 aliphatic rings. The molecule has 0 saturated carbocycles. The van der Waals surface area contributed by atoms with Gasteiger partial charge in [0.2, 0.25) is 0 Å². The Morgan fingerprint density at radius 2 is 1.48 bits per heavy atom. The van der Waals surface area contributed by atoms with Gasteiger partial charge in [-0.15, -0.1) is 0 Å². The summed E-state index contributed by atoms with van der Waals surface area (Å²) < 4.78 is 28.3. The van der Waals surface area contributed by atoms with Gasteiger partial charge in [-0.3, -0.25) is 4.18 Å². The molecule has 1 aromatic rings. The SMILES string of the molecule is CC(C)(O)O.Cc1ccc(S(=O)(=O)OCC(O)C(O)C(O)C(O)C=O)cc1. The molecule has 4 atom stereocenters. The summed E-state index contributed by atoms with van der Waals surface area (Å²) in [4.78, 5) is 10.1. The van der Waals surface area contributed by atoms with E-state index in [1.165, 1.54) is 26.0 Å². The second-order valence-corrected chi connectivity index (χ2v) is 7.84. The summed E-state index contributed by atoms with van der Waals surface area (Å²) in [5.74, 6) is -1.50. The number of aldehydes is 1. The second kappa shape index (κ2) is 10.8. The fraction of sp³-hybridized carbons (Fsp3) is 0.562. The number of carbonyl (C=O) groups is 1. The summed E-state index contributed by atoms with van der Waals surface area (Å²) in [7, 11) is -4.14. The molecular formula is C16H26O10S. The number of aryl methyl sites for hydroxylation is 1. The lowest BCUT2D eigenvalue weighted by Gasteiger charge is -2.23.